The van der Waals surface area contributed by atoms with Gasteiger partial charge in [-0.05, 0) is 72.0 Å². The van der Waals surface area contributed by atoms with E-state index >= 15 is 4.39 Å². The normalized spacial score (nSPS) is 17.2. The lowest BCUT2D eigenvalue weighted by Crippen LogP contribution is -2.44. The number of amides is 4. The van der Waals surface area contributed by atoms with Crippen molar-refractivity contribution < 1.29 is 37.1 Å². The van der Waals surface area contributed by atoms with E-state index in [1.165, 1.54) is 27.3 Å². The number of nitrogens with zero attached hydrogens (tertiary/aromatic N) is 3. The highest BCUT2D eigenvalue weighted by Gasteiger charge is 2.38. The number of hydrogen-bond donors (Lipinski definition) is 5. The molecule has 17 heteroatoms. The average molecular weight is 702 g/mol. The second-order valence-corrected chi connectivity index (χ2v) is 13.6. The molecule has 50 heavy (non-hydrogen) atoms. The van der Waals surface area contributed by atoms with Crippen molar-refractivity contribution in [3.63, 3.8) is 0 Å². The van der Waals surface area contributed by atoms with Crippen molar-refractivity contribution in [2.75, 3.05) is 21.5 Å². The highest BCUT2D eigenvalue weighted by atomic mass is 32.2. The molecule has 1 unspecified atom stereocenters. The van der Waals surface area contributed by atoms with Crippen LogP contribution in [0.1, 0.15) is 24.4 Å². The number of imidazole rings is 1. The van der Waals surface area contributed by atoms with E-state index in [0.29, 0.717) is 38.0 Å². The minimum absolute atomic E-state index is 0.00659. The number of carbonyl (C=O) groups excluding carboxylic acids is 4. The van der Waals surface area contributed by atoms with Crippen molar-refractivity contribution in [2.24, 2.45) is 7.05 Å². The molecule has 2 fully saturated rings. The average Bonchev–Trinajstić information content (AvgIpc) is 3.46. The number of imide groups is 1. The highest BCUT2D eigenvalue weighted by molar-refractivity contribution is 7.92. The Labute approximate surface area is 282 Å². The Morgan fingerprint density at radius 1 is 0.940 bits per heavy atom. The zero-order chi connectivity index (χ0) is 35.5. The van der Waals surface area contributed by atoms with Crippen LogP contribution in [-0.4, -0.2) is 52.8 Å². The molecule has 256 valence electrons. The number of aromatic nitrogens is 2. The van der Waals surface area contributed by atoms with Crippen molar-refractivity contribution in [3.05, 3.63) is 88.6 Å². The highest BCUT2D eigenvalue weighted by Crippen LogP contribution is 2.39. The minimum atomic E-state index is -4.35. The lowest BCUT2D eigenvalue weighted by atomic mass is 10.1. The van der Waals surface area contributed by atoms with Crippen LogP contribution >= 0.6 is 0 Å². The number of carbonyl (C=O) groups is 4. The van der Waals surface area contributed by atoms with Crippen molar-refractivity contribution >= 4 is 78.4 Å². The Morgan fingerprint density at radius 2 is 1.66 bits per heavy atom. The first-order valence-corrected chi connectivity index (χ1v) is 16.7. The second-order valence-electron chi connectivity index (χ2n) is 12.0. The second kappa shape index (κ2) is 12.0. The molecule has 3 heterocycles. The van der Waals surface area contributed by atoms with Crippen molar-refractivity contribution in [2.45, 2.75) is 25.3 Å². The van der Waals surface area contributed by atoms with Crippen LogP contribution in [-0.2, 0) is 42.9 Å². The Bertz CT molecular complexity index is 2460. The molecule has 5 aromatic rings. The maximum atomic E-state index is 15.4. The summed E-state index contributed by atoms with van der Waals surface area (Å²) in [5.41, 5.74) is 2.52. The van der Waals surface area contributed by atoms with E-state index in [1.54, 1.807) is 54.2 Å². The van der Waals surface area contributed by atoms with Gasteiger partial charge in [0.25, 0.3) is 5.91 Å². The molecule has 2 aliphatic rings. The van der Waals surface area contributed by atoms with Crippen LogP contribution in [0.15, 0.2) is 71.5 Å². The first-order valence-electron chi connectivity index (χ1n) is 15.3. The third kappa shape index (κ3) is 5.76. The van der Waals surface area contributed by atoms with Crippen LogP contribution in [0.25, 0.3) is 21.8 Å². The summed E-state index contributed by atoms with van der Waals surface area (Å²) in [6.45, 7) is -0.676. The molecule has 4 amide bonds. The van der Waals surface area contributed by atoms with Gasteiger partial charge in [0.1, 0.15) is 24.0 Å². The van der Waals surface area contributed by atoms with Gasteiger partial charge in [-0.25, -0.2) is 18.2 Å². The Balaban J connectivity index is 1.02. The van der Waals surface area contributed by atoms with Gasteiger partial charge in [-0.3, -0.25) is 33.6 Å². The number of phenols is 1. The number of rotatable bonds is 7. The summed E-state index contributed by atoms with van der Waals surface area (Å²) in [6, 6.07) is 16.9. The van der Waals surface area contributed by atoms with E-state index in [0.717, 1.165) is 6.07 Å². The molecule has 7 rings (SSSR count). The molecule has 4 aromatic carbocycles. The Kier molecular flexibility index (Phi) is 7.77. The maximum Gasteiger partial charge on any atom is 0.329 e. The lowest BCUT2D eigenvalue weighted by Gasteiger charge is -2.21. The summed E-state index contributed by atoms with van der Waals surface area (Å²) in [5.74, 6) is -3.84. The molecular formula is C33H28FN7O8S. The lowest BCUT2D eigenvalue weighted by molar-refractivity contribution is -0.135. The van der Waals surface area contributed by atoms with Crippen LogP contribution in [0.5, 0.6) is 5.75 Å². The molecule has 0 spiro atoms. The molecule has 1 aromatic heterocycles. The monoisotopic (exact) mass is 701 g/mol. The predicted molar refractivity (Wildman–Crippen MR) is 181 cm³/mol. The first-order chi connectivity index (χ1) is 23.8. The minimum Gasteiger partial charge on any atom is -0.506 e. The smallest absolute Gasteiger partial charge is 0.329 e. The van der Waals surface area contributed by atoms with Crippen LogP contribution in [0, 0.1) is 5.82 Å². The van der Waals surface area contributed by atoms with E-state index < -0.39 is 51.9 Å². The molecule has 0 saturated carbocycles. The van der Waals surface area contributed by atoms with Gasteiger partial charge in [0.2, 0.25) is 17.7 Å². The fraction of sp³-hybridized carbons (Fsp3) is 0.182. The zero-order valence-corrected chi connectivity index (χ0v) is 27.0. The van der Waals surface area contributed by atoms with Gasteiger partial charge in [-0.2, -0.15) is 8.42 Å². The van der Waals surface area contributed by atoms with E-state index in [1.807, 2.05) is 0 Å². The van der Waals surface area contributed by atoms with Crippen molar-refractivity contribution in [3.8, 4) is 5.75 Å². The van der Waals surface area contributed by atoms with E-state index in [4.69, 9.17) is 0 Å². The number of anilines is 4. The summed E-state index contributed by atoms with van der Waals surface area (Å²) >= 11 is 0. The number of aryl methyl sites for hydroxylation is 1. The molecule has 2 saturated heterocycles. The Morgan fingerprint density at radius 3 is 2.36 bits per heavy atom. The third-order valence-corrected chi connectivity index (χ3v) is 9.98. The van der Waals surface area contributed by atoms with Crippen LogP contribution in [0.3, 0.4) is 0 Å². The maximum absolute atomic E-state index is 15.4. The summed E-state index contributed by atoms with van der Waals surface area (Å²) in [7, 11) is -2.74. The fourth-order valence-corrected chi connectivity index (χ4v) is 7.40. The SMILES string of the molecule is Cn1c(=O)n(C2CCC(=O)NC2=O)c2ccc(Nc3ccc(CC(=O)Nc4ccc5c(F)c(N6CC(=O)NS6(=O)=O)c(O)cc5c4)cc3)cc21. The predicted octanol–water partition coefficient (Wildman–Crippen LogP) is 2.42. The number of halogens is 1. The molecule has 0 aliphatic carbocycles. The summed E-state index contributed by atoms with van der Waals surface area (Å²) in [5, 5.41) is 18.9. The molecule has 1 atom stereocenters. The van der Waals surface area contributed by atoms with E-state index in [-0.39, 0.29) is 47.5 Å². The number of nitrogens with one attached hydrogen (secondary N) is 4. The Hall–Kier alpha value is -6.23. The molecular weight excluding hydrogens is 673 g/mol. The van der Waals surface area contributed by atoms with Crippen LogP contribution < -0.4 is 30.7 Å². The zero-order valence-electron chi connectivity index (χ0n) is 26.2. The number of piperidine rings is 1. The van der Waals surface area contributed by atoms with Crippen molar-refractivity contribution in [1.29, 1.82) is 0 Å². The van der Waals surface area contributed by atoms with Gasteiger partial charge in [0.05, 0.1) is 17.5 Å². The van der Waals surface area contributed by atoms with Crippen molar-refractivity contribution in [1.82, 2.24) is 19.2 Å². The molecule has 0 bridgehead atoms. The van der Waals surface area contributed by atoms with Gasteiger partial charge in [0.15, 0.2) is 5.82 Å². The van der Waals surface area contributed by atoms with Gasteiger partial charge in [-0.1, -0.05) is 12.1 Å². The summed E-state index contributed by atoms with van der Waals surface area (Å²) in [4.78, 5) is 61.6. The number of benzene rings is 4. The number of fused-ring (bicyclic) bond motifs is 2. The standard InChI is InChI=1S/C33H28FN7O8S/c1-39-25-15-21(7-9-23(25)41(33(39)47)24-10-11-27(43)37-32(24)46)35-19-4-2-17(3-5-19)12-28(44)36-20-6-8-22-18(13-20)14-26(42)31(30(22)34)40-16-29(45)38-50(40,48)49/h2-9,13-15,24,35,42H,10-12,16H2,1H3,(H,36,44)(H,38,45)(H,37,43,46). The van der Waals surface area contributed by atoms with E-state index in [2.05, 4.69) is 16.0 Å². The summed E-state index contributed by atoms with van der Waals surface area (Å²) in [6.07, 6.45) is 0.389. The quantitative estimate of drug-likeness (QED) is 0.158. The molecule has 2 aliphatic heterocycles. The topological polar surface area (TPSA) is 201 Å². The van der Waals surface area contributed by atoms with Gasteiger partial charge in [0, 0.05) is 35.9 Å². The third-order valence-electron chi connectivity index (χ3n) is 8.60. The van der Waals surface area contributed by atoms with Gasteiger partial charge < -0.3 is 15.7 Å². The number of phenolic OH excluding ortho intramolecular Hbond substituents is 1. The molecule has 15 nitrogen and oxygen atoms in total. The van der Waals surface area contributed by atoms with Gasteiger partial charge >= 0.3 is 15.9 Å². The van der Waals surface area contributed by atoms with Crippen LogP contribution in [0.4, 0.5) is 27.1 Å². The van der Waals surface area contributed by atoms with Gasteiger partial charge in [-0.15, -0.1) is 0 Å². The first kappa shape index (κ1) is 32.3. The number of aromatic hydroxyl groups is 1. The summed E-state index contributed by atoms with van der Waals surface area (Å²) < 4.78 is 44.8. The van der Waals surface area contributed by atoms with Crippen LogP contribution in [0.2, 0.25) is 0 Å². The molecule has 5 N–H and O–H groups in total. The fourth-order valence-electron chi connectivity index (χ4n) is 6.23. The van der Waals surface area contributed by atoms with E-state index in [9.17, 15) is 37.5 Å². The molecule has 0 radical (unpaired) electrons. The largest absolute Gasteiger partial charge is 0.506 e. The number of hydrogen-bond acceptors (Lipinski definition) is 9.